The average Bonchev–Trinajstić information content (AvgIpc) is 2.65. The second-order valence-corrected chi connectivity index (χ2v) is 6.89. The van der Waals surface area contributed by atoms with Gasteiger partial charge in [-0.25, -0.2) is 0 Å². The Morgan fingerprint density at radius 3 is 2.17 bits per heavy atom. The molecule has 5 nitrogen and oxygen atoms in total. The topological polar surface area (TPSA) is 75.4 Å². The molecule has 164 valence electrons. The lowest BCUT2D eigenvalue weighted by atomic mass is 9.86. The molecule has 0 aliphatic rings. The van der Waals surface area contributed by atoms with Gasteiger partial charge < -0.3 is 10.4 Å². The summed E-state index contributed by atoms with van der Waals surface area (Å²) in [6.07, 6.45) is -10.9. The number of aliphatic hydroxyl groups is 1. The van der Waals surface area contributed by atoms with E-state index in [0.717, 1.165) is 6.07 Å². The Labute approximate surface area is 167 Å². The molecule has 2 aromatic rings. The van der Waals surface area contributed by atoms with Gasteiger partial charge >= 0.3 is 12.4 Å². The highest BCUT2D eigenvalue weighted by molar-refractivity contribution is 5.55. The lowest BCUT2D eigenvalue weighted by Crippen LogP contribution is -2.51. The van der Waals surface area contributed by atoms with Gasteiger partial charge in [-0.15, -0.1) is 0 Å². The van der Waals surface area contributed by atoms with Crippen LogP contribution in [0.5, 0.6) is 0 Å². The highest BCUT2D eigenvalue weighted by Gasteiger charge is 2.54. The second kappa shape index (κ2) is 8.50. The Balaban J connectivity index is 2.27. The smallest absolute Gasteiger partial charge is 0.382 e. The maximum absolute atomic E-state index is 13.6. The van der Waals surface area contributed by atoms with Crippen LogP contribution in [0.25, 0.3) is 0 Å². The molecular formula is C19H18F6N2O3. The van der Waals surface area contributed by atoms with Gasteiger partial charge in [0, 0.05) is 11.8 Å². The Morgan fingerprint density at radius 1 is 1.07 bits per heavy atom. The molecule has 0 aliphatic carbocycles. The lowest BCUT2D eigenvalue weighted by molar-refractivity contribution is -0.388. The van der Waals surface area contributed by atoms with E-state index in [-0.39, 0.29) is 0 Å². The third-order valence-electron chi connectivity index (χ3n) is 4.62. The summed E-state index contributed by atoms with van der Waals surface area (Å²) in [6.45, 7) is 0.350. The maximum atomic E-state index is 13.6. The number of hydrogen-bond donors (Lipinski definition) is 2. The number of benzene rings is 2. The summed E-state index contributed by atoms with van der Waals surface area (Å²) < 4.78 is 79.8. The van der Waals surface area contributed by atoms with Crippen molar-refractivity contribution in [3.63, 3.8) is 0 Å². The highest BCUT2D eigenvalue weighted by atomic mass is 19.4. The molecule has 11 heteroatoms. The molecule has 0 fully saturated rings. The maximum Gasteiger partial charge on any atom is 0.423 e. The summed E-state index contributed by atoms with van der Waals surface area (Å²) >= 11 is 0. The summed E-state index contributed by atoms with van der Waals surface area (Å²) in [7, 11) is 0. The summed E-state index contributed by atoms with van der Waals surface area (Å²) in [5, 5.41) is 23.2. The largest absolute Gasteiger partial charge is 0.423 e. The van der Waals surface area contributed by atoms with E-state index in [0.29, 0.717) is 17.7 Å². The first-order valence-corrected chi connectivity index (χ1v) is 8.68. The van der Waals surface area contributed by atoms with E-state index < -0.39 is 58.7 Å². The van der Waals surface area contributed by atoms with Crippen molar-refractivity contribution in [1.82, 2.24) is 0 Å². The molecule has 0 heterocycles. The van der Waals surface area contributed by atoms with Gasteiger partial charge in [0.25, 0.3) is 5.69 Å². The standard InChI is InChI=1S/C19H18F6N2O3/c1-12(13-5-3-2-4-6-13)10-17(28,19(23,24)25)11-26-14-7-8-16(27(29)30)15(9-14)18(20,21)22/h2-9,12,26,28H,10-11H2,1H3. The predicted octanol–water partition coefficient (Wildman–Crippen LogP) is 5.51. The molecule has 0 radical (unpaired) electrons. The molecule has 2 atom stereocenters. The Bertz CT molecular complexity index is 886. The third kappa shape index (κ3) is 5.41. The number of rotatable bonds is 7. The van der Waals surface area contributed by atoms with Gasteiger partial charge in [-0.2, -0.15) is 26.3 Å². The SMILES string of the molecule is CC(CC(O)(CNc1ccc([N+](=O)[O-])c(C(F)(F)F)c1)C(F)(F)F)c1ccccc1. The Hall–Kier alpha value is -2.82. The number of nitrogens with zero attached hydrogens (tertiary/aromatic N) is 1. The van der Waals surface area contributed by atoms with Crippen molar-refractivity contribution in [2.45, 2.75) is 37.2 Å². The lowest BCUT2D eigenvalue weighted by Gasteiger charge is -2.33. The first kappa shape index (κ1) is 23.5. The number of alkyl halides is 6. The predicted molar refractivity (Wildman–Crippen MR) is 97.1 cm³/mol. The molecular weight excluding hydrogens is 418 g/mol. The molecule has 0 amide bonds. The van der Waals surface area contributed by atoms with Crippen LogP contribution in [0.15, 0.2) is 48.5 Å². The van der Waals surface area contributed by atoms with Crippen molar-refractivity contribution in [3.05, 3.63) is 69.8 Å². The average molecular weight is 436 g/mol. The fourth-order valence-electron chi connectivity index (χ4n) is 2.97. The molecule has 30 heavy (non-hydrogen) atoms. The van der Waals surface area contributed by atoms with Crippen molar-refractivity contribution in [2.24, 2.45) is 0 Å². The van der Waals surface area contributed by atoms with E-state index in [4.69, 9.17) is 0 Å². The fourth-order valence-corrected chi connectivity index (χ4v) is 2.97. The zero-order valence-electron chi connectivity index (χ0n) is 15.6. The number of anilines is 1. The molecule has 0 aliphatic heterocycles. The van der Waals surface area contributed by atoms with Gasteiger partial charge in [0.15, 0.2) is 5.60 Å². The van der Waals surface area contributed by atoms with E-state index in [2.05, 4.69) is 5.32 Å². The molecule has 0 spiro atoms. The quantitative estimate of drug-likeness (QED) is 0.341. The van der Waals surface area contributed by atoms with Crippen molar-refractivity contribution in [3.8, 4) is 0 Å². The zero-order valence-corrected chi connectivity index (χ0v) is 15.6. The molecule has 2 unspecified atom stereocenters. The van der Waals surface area contributed by atoms with Gasteiger partial charge in [0.05, 0.1) is 11.5 Å². The Morgan fingerprint density at radius 2 is 1.67 bits per heavy atom. The van der Waals surface area contributed by atoms with Crippen LogP contribution in [0.3, 0.4) is 0 Å². The minimum Gasteiger partial charge on any atom is -0.382 e. The van der Waals surface area contributed by atoms with Crippen LogP contribution in [-0.2, 0) is 6.18 Å². The molecule has 0 bridgehead atoms. The van der Waals surface area contributed by atoms with E-state index in [1.165, 1.54) is 6.92 Å². The minimum absolute atomic E-state index is 0.343. The third-order valence-corrected chi connectivity index (χ3v) is 4.62. The summed E-state index contributed by atoms with van der Waals surface area (Å²) in [6, 6.07) is 9.88. The summed E-state index contributed by atoms with van der Waals surface area (Å²) in [5.74, 6) is -0.706. The summed E-state index contributed by atoms with van der Waals surface area (Å²) in [4.78, 5) is 9.54. The second-order valence-electron chi connectivity index (χ2n) is 6.89. The number of nitro groups is 1. The van der Waals surface area contributed by atoms with Gasteiger partial charge in [0.1, 0.15) is 5.56 Å². The summed E-state index contributed by atoms with van der Waals surface area (Å²) in [5.41, 5.74) is -5.97. The van der Waals surface area contributed by atoms with Crippen molar-refractivity contribution in [1.29, 1.82) is 0 Å². The van der Waals surface area contributed by atoms with Gasteiger partial charge in [-0.3, -0.25) is 10.1 Å². The Kier molecular flexibility index (Phi) is 6.65. The zero-order chi connectivity index (χ0) is 22.7. The van der Waals surface area contributed by atoms with Crippen LogP contribution in [0.4, 0.5) is 37.7 Å². The normalized spacial score (nSPS) is 15.3. The first-order chi connectivity index (χ1) is 13.7. The van der Waals surface area contributed by atoms with Crippen LogP contribution in [0.2, 0.25) is 0 Å². The van der Waals surface area contributed by atoms with Gasteiger partial charge in [-0.1, -0.05) is 37.3 Å². The number of halogens is 6. The number of hydrogen-bond acceptors (Lipinski definition) is 4. The molecule has 2 aromatic carbocycles. The van der Waals surface area contributed by atoms with Crippen LogP contribution in [0.1, 0.15) is 30.4 Å². The van der Waals surface area contributed by atoms with Crippen molar-refractivity contribution in [2.75, 3.05) is 11.9 Å². The van der Waals surface area contributed by atoms with Crippen LogP contribution >= 0.6 is 0 Å². The van der Waals surface area contributed by atoms with Crippen LogP contribution in [0, 0.1) is 10.1 Å². The molecule has 2 rings (SSSR count). The van der Waals surface area contributed by atoms with E-state index >= 15 is 0 Å². The van der Waals surface area contributed by atoms with Gasteiger partial charge in [0.2, 0.25) is 0 Å². The molecule has 0 saturated carbocycles. The molecule has 2 N–H and O–H groups in total. The highest BCUT2D eigenvalue weighted by Crippen LogP contribution is 2.40. The van der Waals surface area contributed by atoms with Crippen LogP contribution in [-0.4, -0.2) is 28.4 Å². The fraction of sp³-hybridized carbons (Fsp3) is 0.368. The van der Waals surface area contributed by atoms with E-state index in [1.54, 1.807) is 30.3 Å². The molecule has 0 saturated heterocycles. The van der Waals surface area contributed by atoms with E-state index in [1.807, 2.05) is 0 Å². The molecule has 0 aromatic heterocycles. The van der Waals surface area contributed by atoms with Crippen LogP contribution < -0.4 is 5.32 Å². The van der Waals surface area contributed by atoms with E-state index in [9.17, 15) is 41.6 Å². The monoisotopic (exact) mass is 436 g/mol. The number of nitro benzene ring substituents is 1. The van der Waals surface area contributed by atoms with Crippen molar-refractivity contribution >= 4 is 11.4 Å². The van der Waals surface area contributed by atoms with Gasteiger partial charge in [-0.05, 0) is 30.0 Å². The first-order valence-electron chi connectivity index (χ1n) is 8.68. The minimum atomic E-state index is -5.08. The van der Waals surface area contributed by atoms with Crippen molar-refractivity contribution < 1.29 is 36.4 Å². The number of nitrogens with one attached hydrogen (secondary N) is 1.